The third-order valence-corrected chi connectivity index (χ3v) is 5.22. The van der Waals surface area contributed by atoms with Crippen molar-refractivity contribution in [1.29, 1.82) is 0 Å². The van der Waals surface area contributed by atoms with Gasteiger partial charge >= 0.3 is 6.09 Å². The summed E-state index contributed by atoms with van der Waals surface area (Å²) in [6.45, 7) is 5.92. The molecule has 0 saturated carbocycles. The number of aliphatic hydroxyl groups is 1. The molecule has 1 fully saturated rings. The lowest BCUT2D eigenvalue weighted by molar-refractivity contribution is -0.0427. The van der Waals surface area contributed by atoms with E-state index < -0.39 is 34.0 Å². The molecule has 1 unspecified atom stereocenters. The summed E-state index contributed by atoms with van der Waals surface area (Å²) in [6.07, 6.45) is 0.139. The molecule has 29 heavy (non-hydrogen) atoms. The van der Waals surface area contributed by atoms with Gasteiger partial charge in [0.1, 0.15) is 11.7 Å². The lowest BCUT2D eigenvalue weighted by atomic mass is 9.94. The molecule has 2 aromatic rings. The van der Waals surface area contributed by atoms with Crippen LogP contribution in [0.5, 0.6) is 0 Å². The SMILES string of the molecule is CC(C)(C)OC(=O)N1CC[C@H]1C(O)c1c2ccccc2nn1CCOS(C)(=O)=O. The predicted octanol–water partition coefficient (Wildman–Crippen LogP) is 2.06. The molecule has 0 bridgehead atoms. The number of benzene rings is 1. The summed E-state index contributed by atoms with van der Waals surface area (Å²) >= 11 is 0. The predicted molar refractivity (Wildman–Crippen MR) is 107 cm³/mol. The first kappa shape index (κ1) is 21.5. The average molecular weight is 426 g/mol. The van der Waals surface area contributed by atoms with E-state index in [4.69, 9.17) is 8.92 Å². The molecular formula is C19H27N3O6S. The fraction of sp³-hybridized carbons (Fsp3) is 0.579. The van der Waals surface area contributed by atoms with Gasteiger partial charge in [-0.05, 0) is 33.3 Å². The van der Waals surface area contributed by atoms with Crippen molar-refractivity contribution in [2.24, 2.45) is 0 Å². The summed E-state index contributed by atoms with van der Waals surface area (Å²) in [5.41, 5.74) is 0.569. The van der Waals surface area contributed by atoms with Gasteiger partial charge in [0.15, 0.2) is 0 Å². The number of ether oxygens (including phenoxy) is 1. The highest BCUT2D eigenvalue weighted by Gasteiger charge is 2.41. The molecule has 2 atom stereocenters. The van der Waals surface area contributed by atoms with Gasteiger partial charge in [0, 0.05) is 11.9 Å². The van der Waals surface area contributed by atoms with Gasteiger partial charge in [0.25, 0.3) is 10.1 Å². The quantitative estimate of drug-likeness (QED) is 0.705. The Labute approximate surface area is 170 Å². The van der Waals surface area contributed by atoms with Crippen LogP contribution >= 0.6 is 0 Å². The second-order valence-corrected chi connectivity index (χ2v) is 9.77. The van der Waals surface area contributed by atoms with E-state index in [0.29, 0.717) is 24.2 Å². The fourth-order valence-electron chi connectivity index (χ4n) is 3.32. The molecular weight excluding hydrogens is 398 g/mol. The van der Waals surface area contributed by atoms with Crippen LogP contribution in [-0.4, -0.2) is 65.3 Å². The van der Waals surface area contributed by atoms with E-state index in [1.165, 1.54) is 4.90 Å². The highest BCUT2D eigenvalue weighted by atomic mass is 32.2. The molecule has 1 aliphatic rings. The van der Waals surface area contributed by atoms with Gasteiger partial charge in [0.2, 0.25) is 0 Å². The number of amides is 1. The average Bonchev–Trinajstić information content (AvgIpc) is 2.88. The van der Waals surface area contributed by atoms with Gasteiger partial charge in [-0.25, -0.2) is 4.79 Å². The maximum absolute atomic E-state index is 12.4. The maximum atomic E-state index is 12.4. The fourth-order valence-corrected chi connectivity index (χ4v) is 3.70. The number of carbonyl (C=O) groups excluding carboxylic acids is 1. The molecule has 9 nitrogen and oxygen atoms in total. The van der Waals surface area contributed by atoms with Crippen LogP contribution in [0.3, 0.4) is 0 Å². The topological polar surface area (TPSA) is 111 Å². The second kappa shape index (κ2) is 7.92. The molecule has 1 aliphatic heterocycles. The lowest BCUT2D eigenvalue weighted by Crippen LogP contribution is -2.55. The molecule has 1 saturated heterocycles. The summed E-state index contributed by atoms with van der Waals surface area (Å²) in [4.78, 5) is 13.9. The van der Waals surface area contributed by atoms with Crippen LogP contribution in [0.4, 0.5) is 4.79 Å². The zero-order chi connectivity index (χ0) is 21.4. The third kappa shape index (κ3) is 5.06. The first-order chi connectivity index (χ1) is 13.5. The summed E-state index contributed by atoms with van der Waals surface area (Å²) < 4.78 is 34.3. The number of hydrogen-bond donors (Lipinski definition) is 1. The molecule has 2 heterocycles. The van der Waals surface area contributed by atoms with Gasteiger partial charge in [-0.1, -0.05) is 18.2 Å². The Morgan fingerprint density at radius 1 is 1.34 bits per heavy atom. The van der Waals surface area contributed by atoms with Crippen molar-refractivity contribution in [3.63, 3.8) is 0 Å². The van der Waals surface area contributed by atoms with Gasteiger partial charge in [0.05, 0.1) is 36.7 Å². The Hall–Kier alpha value is -2.17. The highest BCUT2D eigenvalue weighted by molar-refractivity contribution is 7.85. The highest BCUT2D eigenvalue weighted by Crippen LogP contribution is 2.35. The smallest absolute Gasteiger partial charge is 0.410 e. The number of likely N-dealkylation sites (tertiary alicyclic amines) is 1. The van der Waals surface area contributed by atoms with Crippen LogP contribution in [0.15, 0.2) is 24.3 Å². The Morgan fingerprint density at radius 3 is 2.62 bits per heavy atom. The molecule has 1 aromatic carbocycles. The van der Waals surface area contributed by atoms with Crippen molar-refractivity contribution < 1.29 is 27.2 Å². The zero-order valence-corrected chi connectivity index (χ0v) is 17.8. The van der Waals surface area contributed by atoms with Crippen molar-refractivity contribution in [2.75, 3.05) is 19.4 Å². The molecule has 1 aromatic heterocycles. The minimum atomic E-state index is -3.58. The van der Waals surface area contributed by atoms with Crippen molar-refractivity contribution in [2.45, 2.75) is 51.5 Å². The van der Waals surface area contributed by atoms with Crippen LogP contribution in [0.1, 0.15) is 39.0 Å². The van der Waals surface area contributed by atoms with E-state index in [2.05, 4.69) is 5.10 Å². The van der Waals surface area contributed by atoms with Crippen molar-refractivity contribution in [3.8, 4) is 0 Å². The second-order valence-electron chi connectivity index (χ2n) is 8.13. The molecule has 0 spiro atoms. The molecule has 0 aliphatic carbocycles. The van der Waals surface area contributed by atoms with Crippen LogP contribution < -0.4 is 0 Å². The molecule has 1 N–H and O–H groups in total. The number of carbonyl (C=O) groups is 1. The Balaban J connectivity index is 1.85. The first-order valence-corrected chi connectivity index (χ1v) is 11.3. The Bertz CT molecular complexity index is 995. The number of rotatable bonds is 6. The summed E-state index contributed by atoms with van der Waals surface area (Å²) in [6, 6.07) is 6.87. The van der Waals surface area contributed by atoms with Crippen LogP contribution in [0.25, 0.3) is 10.9 Å². The van der Waals surface area contributed by atoms with Crippen molar-refractivity contribution >= 4 is 27.1 Å². The Morgan fingerprint density at radius 2 is 2.03 bits per heavy atom. The van der Waals surface area contributed by atoms with Gasteiger partial charge < -0.3 is 14.7 Å². The minimum absolute atomic E-state index is 0.104. The number of fused-ring (bicyclic) bond motifs is 1. The van der Waals surface area contributed by atoms with Crippen molar-refractivity contribution in [3.05, 3.63) is 30.0 Å². The van der Waals surface area contributed by atoms with Gasteiger partial charge in [-0.2, -0.15) is 13.5 Å². The lowest BCUT2D eigenvalue weighted by Gasteiger charge is -2.43. The first-order valence-electron chi connectivity index (χ1n) is 9.44. The standard InChI is InChI=1S/C19H27N3O6S/c1-19(2,3)28-18(24)21-10-9-15(21)17(23)16-13-7-5-6-8-14(13)20-22(16)11-12-27-29(4,25)26/h5-8,15,17,23H,9-12H2,1-4H3/t15-,17?/m0/s1. The van der Waals surface area contributed by atoms with E-state index in [0.717, 1.165) is 11.6 Å². The van der Waals surface area contributed by atoms with E-state index in [1.807, 2.05) is 24.3 Å². The summed E-state index contributed by atoms with van der Waals surface area (Å²) in [7, 11) is -3.58. The Kier molecular flexibility index (Phi) is 5.88. The molecule has 10 heteroatoms. The largest absolute Gasteiger partial charge is 0.444 e. The molecule has 1 amide bonds. The number of aromatic nitrogens is 2. The van der Waals surface area contributed by atoms with E-state index >= 15 is 0 Å². The number of nitrogens with zero attached hydrogens (tertiary/aromatic N) is 3. The van der Waals surface area contributed by atoms with Gasteiger partial charge in [-0.15, -0.1) is 0 Å². The van der Waals surface area contributed by atoms with Crippen LogP contribution in [-0.2, 0) is 25.6 Å². The molecule has 160 valence electrons. The van der Waals surface area contributed by atoms with Crippen molar-refractivity contribution in [1.82, 2.24) is 14.7 Å². The number of aliphatic hydroxyl groups excluding tert-OH is 1. The third-order valence-electron chi connectivity index (χ3n) is 4.63. The maximum Gasteiger partial charge on any atom is 0.410 e. The minimum Gasteiger partial charge on any atom is -0.444 e. The number of hydrogen-bond acceptors (Lipinski definition) is 7. The van der Waals surface area contributed by atoms with E-state index in [-0.39, 0.29) is 13.2 Å². The monoisotopic (exact) mass is 425 g/mol. The van der Waals surface area contributed by atoms with E-state index in [9.17, 15) is 18.3 Å². The van der Waals surface area contributed by atoms with Gasteiger partial charge in [-0.3, -0.25) is 8.86 Å². The normalized spacial score (nSPS) is 18.5. The summed E-state index contributed by atoms with van der Waals surface area (Å²) in [5.74, 6) is 0. The molecule has 3 rings (SSSR count). The van der Waals surface area contributed by atoms with Crippen LogP contribution in [0.2, 0.25) is 0 Å². The summed E-state index contributed by atoms with van der Waals surface area (Å²) in [5, 5.41) is 16.3. The molecule has 0 radical (unpaired) electrons. The van der Waals surface area contributed by atoms with E-state index in [1.54, 1.807) is 25.5 Å². The van der Waals surface area contributed by atoms with Crippen LogP contribution in [0, 0.1) is 0 Å². The zero-order valence-electron chi connectivity index (χ0n) is 17.0.